The first-order valence-corrected chi connectivity index (χ1v) is 7.01. The van der Waals surface area contributed by atoms with Crippen molar-refractivity contribution in [2.45, 2.75) is 19.8 Å². The Morgan fingerprint density at radius 3 is 2.27 bits per heavy atom. The largest absolute Gasteiger partial charge is 0.326 e. The summed E-state index contributed by atoms with van der Waals surface area (Å²) in [4.78, 5) is 23.7. The van der Waals surface area contributed by atoms with Crippen LogP contribution in [-0.4, -0.2) is 11.8 Å². The molecule has 2 aromatic carbocycles. The van der Waals surface area contributed by atoms with E-state index >= 15 is 0 Å². The summed E-state index contributed by atoms with van der Waals surface area (Å²) >= 11 is 0. The Hall–Kier alpha value is -2.69. The van der Waals surface area contributed by atoms with E-state index in [9.17, 15) is 14.0 Å². The average molecular weight is 300 g/mol. The molecule has 2 rings (SSSR count). The van der Waals surface area contributed by atoms with Gasteiger partial charge in [0.25, 0.3) is 0 Å². The minimum atomic E-state index is -0.446. The molecule has 0 fully saturated rings. The van der Waals surface area contributed by atoms with Crippen molar-refractivity contribution < 1.29 is 14.0 Å². The van der Waals surface area contributed by atoms with Crippen LogP contribution in [0.4, 0.5) is 15.8 Å². The van der Waals surface area contributed by atoms with Gasteiger partial charge in [0.15, 0.2) is 0 Å². The van der Waals surface area contributed by atoms with E-state index in [1.54, 1.807) is 6.07 Å². The van der Waals surface area contributed by atoms with Gasteiger partial charge in [-0.3, -0.25) is 9.59 Å². The molecule has 2 N–H and O–H groups in total. The third kappa shape index (κ3) is 4.41. The number of hydrogen-bond acceptors (Lipinski definition) is 2. The predicted octanol–water partition coefficient (Wildman–Crippen LogP) is 3.36. The summed E-state index contributed by atoms with van der Waals surface area (Å²) in [5, 5.41) is 5.28. The molecule has 2 amide bonds. The van der Waals surface area contributed by atoms with Crippen LogP contribution in [-0.2, 0) is 16.0 Å². The van der Waals surface area contributed by atoms with E-state index in [1.165, 1.54) is 24.3 Å². The van der Waals surface area contributed by atoms with Crippen molar-refractivity contribution in [2.24, 2.45) is 0 Å². The monoisotopic (exact) mass is 300 g/mol. The molecular weight excluding hydrogens is 283 g/mol. The van der Waals surface area contributed by atoms with E-state index in [4.69, 9.17) is 0 Å². The van der Waals surface area contributed by atoms with Gasteiger partial charge in [0.2, 0.25) is 11.8 Å². The Balaban J connectivity index is 1.91. The number of halogens is 1. The van der Waals surface area contributed by atoms with Crippen LogP contribution in [0.3, 0.4) is 0 Å². The first-order chi connectivity index (χ1) is 10.6. The lowest BCUT2D eigenvalue weighted by molar-refractivity contribution is -0.123. The summed E-state index contributed by atoms with van der Waals surface area (Å²) in [7, 11) is 0. The SMILES string of the molecule is CCc1ccccc1NC(=O)CC(=O)Nc1ccc(F)cc1. The van der Waals surface area contributed by atoms with Gasteiger partial charge >= 0.3 is 0 Å². The molecule has 0 saturated carbocycles. The van der Waals surface area contributed by atoms with Crippen molar-refractivity contribution >= 4 is 23.2 Å². The maximum absolute atomic E-state index is 12.8. The molecule has 0 atom stereocenters. The second-order valence-electron chi connectivity index (χ2n) is 4.79. The Kier molecular flexibility index (Phi) is 5.25. The number of nitrogens with one attached hydrogen (secondary N) is 2. The molecule has 0 aliphatic carbocycles. The molecule has 0 bridgehead atoms. The molecule has 0 aliphatic rings. The highest BCUT2D eigenvalue weighted by Crippen LogP contribution is 2.15. The van der Waals surface area contributed by atoms with Gasteiger partial charge in [-0.1, -0.05) is 25.1 Å². The molecule has 4 nitrogen and oxygen atoms in total. The van der Waals surface area contributed by atoms with Gasteiger partial charge in [-0.25, -0.2) is 4.39 Å². The van der Waals surface area contributed by atoms with Crippen molar-refractivity contribution in [2.75, 3.05) is 10.6 Å². The minimum absolute atomic E-state index is 0.296. The number of benzene rings is 2. The van der Waals surface area contributed by atoms with Crippen molar-refractivity contribution in [3.05, 3.63) is 59.9 Å². The third-order valence-corrected chi connectivity index (χ3v) is 3.12. The second-order valence-corrected chi connectivity index (χ2v) is 4.79. The van der Waals surface area contributed by atoms with Gasteiger partial charge in [-0.15, -0.1) is 0 Å². The molecule has 5 heteroatoms. The smallest absolute Gasteiger partial charge is 0.233 e. The van der Waals surface area contributed by atoms with E-state index in [-0.39, 0.29) is 18.1 Å². The number of para-hydroxylation sites is 1. The van der Waals surface area contributed by atoms with Gasteiger partial charge in [-0.2, -0.15) is 0 Å². The highest BCUT2D eigenvalue weighted by Gasteiger charge is 2.11. The fourth-order valence-corrected chi connectivity index (χ4v) is 2.03. The zero-order valence-corrected chi connectivity index (χ0v) is 12.2. The third-order valence-electron chi connectivity index (χ3n) is 3.12. The lowest BCUT2D eigenvalue weighted by Crippen LogP contribution is -2.21. The minimum Gasteiger partial charge on any atom is -0.326 e. The van der Waals surface area contributed by atoms with E-state index in [2.05, 4.69) is 10.6 Å². The van der Waals surface area contributed by atoms with Crippen LogP contribution in [0.1, 0.15) is 18.9 Å². The molecular formula is C17H17FN2O2. The molecule has 0 radical (unpaired) electrons. The van der Waals surface area contributed by atoms with Crippen molar-refractivity contribution in [3.8, 4) is 0 Å². The van der Waals surface area contributed by atoms with Crippen LogP contribution in [0, 0.1) is 5.82 Å². The van der Waals surface area contributed by atoms with Gasteiger partial charge in [0.05, 0.1) is 0 Å². The van der Waals surface area contributed by atoms with Crippen LogP contribution < -0.4 is 10.6 Å². The number of hydrogen-bond donors (Lipinski definition) is 2. The van der Waals surface area contributed by atoms with E-state index in [1.807, 2.05) is 25.1 Å². The van der Waals surface area contributed by atoms with Gasteiger partial charge in [0.1, 0.15) is 12.2 Å². The maximum atomic E-state index is 12.8. The summed E-state index contributed by atoms with van der Waals surface area (Å²) in [5.74, 6) is -1.22. The molecule has 0 saturated heterocycles. The van der Waals surface area contributed by atoms with Crippen LogP contribution in [0.25, 0.3) is 0 Å². The van der Waals surface area contributed by atoms with E-state index < -0.39 is 5.91 Å². The number of amides is 2. The van der Waals surface area contributed by atoms with Crippen molar-refractivity contribution in [1.29, 1.82) is 0 Å². The fraction of sp³-hybridized carbons (Fsp3) is 0.176. The quantitative estimate of drug-likeness (QED) is 0.832. The number of rotatable bonds is 5. The summed E-state index contributed by atoms with van der Waals surface area (Å²) in [6.45, 7) is 1.99. The molecule has 0 spiro atoms. The molecule has 0 aromatic heterocycles. The lowest BCUT2D eigenvalue weighted by Gasteiger charge is -2.10. The van der Waals surface area contributed by atoms with Gasteiger partial charge in [-0.05, 0) is 42.3 Å². The highest BCUT2D eigenvalue weighted by molar-refractivity contribution is 6.08. The van der Waals surface area contributed by atoms with Crippen LogP contribution >= 0.6 is 0 Å². The maximum Gasteiger partial charge on any atom is 0.233 e. The zero-order valence-electron chi connectivity index (χ0n) is 12.2. The molecule has 2 aromatic rings. The number of aryl methyl sites for hydroxylation is 1. The Morgan fingerprint density at radius 2 is 1.59 bits per heavy atom. The number of anilines is 2. The summed E-state index contributed by atoms with van der Waals surface area (Å²) in [5.41, 5.74) is 2.17. The average Bonchev–Trinajstić information content (AvgIpc) is 2.50. The van der Waals surface area contributed by atoms with Crippen LogP contribution in [0.5, 0.6) is 0 Å². The van der Waals surface area contributed by atoms with E-state index in [0.29, 0.717) is 11.4 Å². The Labute approximate surface area is 128 Å². The van der Waals surface area contributed by atoms with Crippen LogP contribution in [0.2, 0.25) is 0 Å². The molecule has 0 unspecified atom stereocenters. The fourth-order valence-electron chi connectivity index (χ4n) is 2.03. The summed E-state index contributed by atoms with van der Waals surface area (Å²) in [6.07, 6.45) is 0.494. The second kappa shape index (κ2) is 7.36. The number of carbonyl (C=O) groups excluding carboxylic acids is 2. The number of carbonyl (C=O) groups is 2. The first-order valence-electron chi connectivity index (χ1n) is 7.01. The zero-order chi connectivity index (χ0) is 15.9. The van der Waals surface area contributed by atoms with Gasteiger partial charge < -0.3 is 10.6 Å². The molecule has 0 heterocycles. The molecule has 22 heavy (non-hydrogen) atoms. The first kappa shape index (κ1) is 15.7. The molecule has 0 aliphatic heterocycles. The topological polar surface area (TPSA) is 58.2 Å². The normalized spacial score (nSPS) is 10.1. The Bertz CT molecular complexity index is 669. The summed E-state index contributed by atoms with van der Waals surface area (Å²) in [6, 6.07) is 12.8. The van der Waals surface area contributed by atoms with Crippen molar-refractivity contribution in [1.82, 2.24) is 0 Å². The summed E-state index contributed by atoms with van der Waals surface area (Å²) < 4.78 is 12.8. The van der Waals surface area contributed by atoms with E-state index in [0.717, 1.165) is 12.0 Å². The van der Waals surface area contributed by atoms with Gasteiger partial charge in [0, 0.05) is 11.4 Å². The van der Waals surface area contributed by atoms with Crippen LogP contribution in [0.15, 0.2) is 48.5 Å². The van der Waals surface area contributed by atoms with Crippen molar-refractivity contribution in [3.63, 3.8) is 0 Å². The Morgan fingerprint density at radius 1 is 0.955 bits per heavy atom. The lowest BCUT2D eigenvalue weighted by atomic mass is 10.1. The highest BCUT2D eigenvalue weighted by atomic mass is 19.1. The standard InChI is InChI=1S/C17H17FN2O2/c1-2-12-5-3-4-6-15(12)20-17(22)11-16(21)19-14-9-7-13(18)8-10-14/h3-10H,2,11H2,1H3,(H,19,21)(H,20,22). The molecule has 114 valence electrons. The predicted molar refractivity (Wildman–Crippen MR) is 84.1 cm³/mol.